The van der Waals surface area contributed by atoms with Crippen LogP contribution in [0, 0.1) is 4.77 Å². The van der Waals surface area contributed by atoms with Gasteiger partial charge >= 0.3 is 0 Å². The fourth-order valence-electron chi connectivity index (χ4n) is 2.55. The van der Waals surface area contributed by atoms with Crippen molar-refractivity contribution in [1.29, 1.82) is 0 Å². The summed E-state index contributed by atoms with van der Waals surface area (Å²) in [7, 11) is 0. The van der Waals surface area contributed by atoms with E-state index in [1.54, 1.807) is 0 Å². The summed E-state index contributed by atoms with van der Waals surface area (Å²) in [5.74, 6) is 0.932. The van der Waals surface area contributed by atoms with Crippen LogP contribution in [0.4, 0.5) is 0 Å². The van der Waals surface area contributed by atoms with Gasteiger partial charge in [-0.25, -0.2) is 0 Å². The average Bonchev–Trinajstić information content (AvgIpc) is 3.02. The number of aromatic nitrogens is 4. The lowest BCUT2D eigenvalue weighted by Crippen LogP contribution is -2.01. The Kier molecular flexibility index (Phi) is 2.60. The summed E-state index contributed by atoms with van der Waals surface area (Å²) >= 11 is 5.37. The number of hydrogen-bond acceptors (Lipinski definition) is 2. The molecule has 0 atom stereocenters. The van der Waals surface area contributed by atoms with E-state index in [2.05, 4.69) is 31.5 Å². The topological polar surface area (TPSA) is 38.5 Å². The maximum atomic E-state index is 5.37. The van der Waals surface area contributed by atoms with E-state index in [-0.39, 0.29) is 0 Å². The second-order valence-corrected chi connectivity index (χ2v) is 5.45. The first-order valence-corrected chi connectivity index (χ1v) is 7.15. The van der Waals surface area contributed by atoms with Gasteiger partial charge in [-0.3, -0.25) is 9.67 Å². The zero-order valence-electron chi connectivity index (χ0n) is 10.9. The Morgan fingerprint density at radius 1 is 1.10 bits per heavy atom. The molecule has 4 nitrogen and oxygen atoms in total. The van der Waals surface area contributed by atoms with Crippen LogP contribution in [0.5, 0.6) is 0 Å². The lowest BCUT2D eigenvalue weighted by molar-refractivity contribution is 0.734. The summed E-state index contributed by atoms with van der Waals surface area (Å²) in [6.45, 7) is 0. The van der Waals surface area contributed by atoms with E-state index in [9.17, 15) is 0 Å². The van der Waals surface area contributed by atoms with Gasteiger partial charge in [0.1, 0.15) is 0 Å². The molecule has 0 unspecified atom stereocenters. The molecular weight excluding hydrogens is 268 g/mol. The Hall–Kier alpha value is -2.14. The van der Waals surface area contributed by atoms with Crippen LogP contribution in [0.3, 0.4) is 0 Å². The molecule has 1 aromatic carbocycles. The monoisotopic (exact) mass is 282 g/mol. The molecule has 100 valence electrons. The zero-order valence-corrected chi connectivity index (χ0v) is 11.7. The Bertz CT molecular complexity index is 793. The van der Waals surface area contributed by atoms with Crippen molar-refractivity contribution in [2.45, 2.75) is 18.9 Å². The van der Waals surface area contributed by atoms with Crippen molar-refractivity contribution in [2.24, 2.45) is 0 Å². The number of H-pyrrole nitrogens is 1. The van der Waals surface area contributed by atoms with Crippen LogP contribution in [0.25, 0.3) is 17.1 Å². The van der Waals surface area contributed by atoms with Crippen molar-refractivity contribution in [3.05, 3.63) is 53.6 Å². The van der Waals surface area contributed by atoms with Gasteiger partial charge in [0, 0.05) is 24.0 Å². The molecule has 1 saturated carbocycles. The Labute approximate surface area is 121 Å². The van der Waals surface area contributed by atoms with Gasteiger partial charge in [-0.2, -0.15) is 5.10 Å². The van der Waals surface area contributed by atoms with E-state index in [4.69, 9.17) is 12.2 Å². The largest absolute Gasteiger partial charge is 0.323 e. The fraction of sp³-hybridized carbons (Fsp3) is 0.200. The maximum absolute atomic E-state index is 5.37. The van der Waals surface area contributed by atoms with Crippen LogP contribution in [0.15, 0.2) is 48.8 Å². The Morgan fingerprint density at radius 2 is 1.85 bits per heavy atom. The molecule has 1 fully saturated rings. The SMILES string of the molecule is S=c1[nH]nc(-c2ccccc2-n2cccc2)n1C1CC1. The first-order chi connectivity index (χ1) is 9.84. The highest BCUT2D eigenvalue weighted by atomic mass is 32.1. The van der Waals surface area contributed by atoms with Gasteiger partial charge in [-0.1, -0.05) is 12.1 Å². The molecule has 3 aromatic rings. The second-order valence-electron chi connectivity index (χ2n) is 5.06. The molecule has 20 heavy (non-hydrogen) atoms. The summed E-state index contributed by atoms with van der Waals surface area (Å²) in [5, 5.41) is 7.39. The summed E-state index contributed by atoms with van der Waals surface area (Å²) in [5.41, 5.74) is 2.22. The molecule has 1 aliphatic rings. The average molecular weight is 282 g/mol. The fourth-order valence-corrected chi connectivity index (χ4v) is 2.83. The summed E-state index contributed by atoms with van der Waals surface area (Å²) in [6, 6.07) is 12.8. The number of rotatable bonds is 3. The van der Waals surface area contributed by atoms with Gasteiger partial charge in [0.05, 0.1) is 5.69 Å². The predicted molar refractivity (Wildman–Crippen MR) is 80.4 cm³/mol. The van der Waals surface area contributed by atoms with Crippen LogP contribution in [0.2, 0.25) is 0 Å². The molecular formula is C15H14N4S. The molecule has 0 aliphatic heterocycles. The number of nitrogens with zero attached hydrogens (tertiary/aromatic N) is 3. The first kappa shape index (κ1) is 11.7. The molecule has 0 radical (unpaired) electrons. The minimum Gasteiger partial charge on any atom is -0.323 e. The molecule has 2 aromatic heterocycles. The van der Waals surface area contributed by atoms with Gasteiger partial charge in [0.25, 0.3) is 0 Å². The number of benzene rings is 1. The van der Waals surface area contributed by atoms with E-state index in [1.807, 2.05) is 36.7 Å². The van der Waals surface area contributed by atoms with E-state index in [1.165, 1.54) is 12.8 Å². The zero-order chi connectivity index (χ0) is 13.5. The van der Waals surface area contributed by atoms with Crippen molar-refractivity contribution in [1.82, 2.24) is 19.3 Å². The lowest BCUT2D eigenvalue weighted by atomic mass is 10.1. The molecule has 0 spiro atoms. The van der Waals surface area contributed by atoms with Gasteiger partial charge in [-0.15, -0.1) is 0 Å². The number of nitrogens with one attached hydrogen (secondary N) is 1. The maximum Gasteiger partial charge on any atom is 0.195 e. The van der Waals surface area contributed by atoms with Crippen molar-refractivity contribution >= 4 is 12.2 Å². The van der Waals surface area contributed by atoms with E-state index < -0.39 is 0 Å². The number of para-hydroxylation sites is 1. The van der Waals surface area contributed by atoms with Crippen molar-refractivity contribution in [2.75, 3.05) is 0 Å². The van der Waals surface area contributed by atoms with Crippen molar-refractivity contribution in [3.8, 4) is 17.1 Å². The second kappa shape index (κ2) is 4.45. The molecule has 0 bridgehead atoms. The smallest absolute Gasteiger partial charge is 0.195 e. The minimum absolute atomic E-state index is 0.508. The standard InChI is InChI=1S/C15H14N4S/c20-15-17-16-14(19(15)11-7-8-11)12-5-1-2-6-13(12)18-9-3-4-10-18/h1-6,9-11H,7-8H2,(H,17,20). The van der Waals surface area contributed by atoms with E-state index >= 15 is 0 Å². The molecule has 5 heteroatoms. The highest BCUT2D eigenvalue weighted by Crippen LogP contribution is 2.39. The minimum atomic E-state index is 0.508. The first-order valence-electron chi connectivity index (χ1n) is 6.74. The van der Waals surface area contributed by atoms with Crippen LogP contribution in [-0.2, 0) is 0 Å². The third-order valence-corrected chi connectivity index (χ3v) is 3.93. The molecule has 1 aliphatic carbocycles. The van der Waals surface area contributed by atoms with Crippen molar-refractivity contribution in [3.63, 3.8) is 0 Å². The summed E-state index contributed by atoms with van der Waals surface area (Å²) in [6.07, 6.45) is 6.46. The highest BCUT2D eigenvalue weighted by Gasteiger charge is 2.28. The highest BCUT2D eigenvalue weighted by molar-refractivity contribution is 7.71. The molecule has 4 rings (SSSR count). The van der Waals surface area contributed by atoms with Gasteiger partial charge in [-0.05, 0) is 49.3 Å². The molecule has 0 amide bonds. The van der Waals surface area contributed by atoms with Crippen LogP contribution in [0.1, 0.15) is 18.9 Å². The molecule has 1 N–H and O–H groups in total. The Balaban J connectivity index is 1.93. The lowest BCUT2D eigenvalue weighted by Gasteiger charge is -2.11. The van der Waals surface area contributed by atoms with E-state index in [0.29, 0.717) is 10.8 Å². The molecule has 2 heterocycles. The van der Waals surface area contributed by atoms with Crippen LogP contribution < -0.4 is 0 Å². The third kappa shape index (κ3) is 1.82. The Morgan fingerprint density at radius 3 is 2.60 bits per heavy atom. The number of hydrogen-bond donors (Lipinski definition) is 1. The van der Waals surface area contributed by atoms with Crippen LogP contribution >= 0.6 is 12.2 Å². The van der Waals surface area contributed by atoms with Gasteiger partial charge < -0.3 is 4.57 Å². The van der Waals surface area contributed by atoms with Gasteiger partial charge in [0.15, 0.2) is 10.6 Å². The van der Waals surface area contributed by atoms with Gasteiger partial charge in [0.2, 0.25) is 0 Å². The van der Waals surface area contributed by atoms with Crippen LogP contribution in [-0.4, -0.2) is 19.3 Å². The molecule has 0 saturated heterocycles. The normalized spacial score (nSPS) is 14.6. The predicted octanol–water partition coefficient (Wildman–Crippen LogP) is 3.73. The number of aromatic amines is 1. The summed E-state index contributed by atoms with van der Waals surface area (Å²) < 4.78 is 4.96. The summed E-state index contributed by atoms with van der Waals surface area (Å²) in [4.78, 5) is 0. The van der Waals surface area contributed by atoms with E-state index in [0.717, 1.165) is 17.1 Å². The third-order valence-electron chi connectivity index (χ3n) is 3.64. The quantitative estimate of drug-likeness (QED) is 0.743. The van der Waals surface area contributed by atoms with Crippen molar-refractivity contribution < 1.29 is 0 Å².